The highest BCUT2D eigenvalue weighted by Crippen LogP contribution is 2.33. The molecule has 0 bridgehead atoms. The molecule has 0 unspecified atom stereocenters. The first-order valence-electron chi connectivity index (χ1n) is 8.50. The molecule has 1 N–H and O–H groups in total. The highest BCUT2D eigenvalue weighted by Gasteiger charge is 2.33. The van der Waals surface area contributed by atoms with E-state index in [1.54, 1.807) is 0 Å². The number of hydrogen-bond acceptors (Lipinski definition) is 6. The molecule has 132 valence electrons. The molecule has 3 heterocycles. The van der Waals surface area contributed by atoms with Gasteiger partial charge in [-0.3, -0.25) is 4.68 Å². The van der Waals surface area contributed by atoms with E-state index < -0.39 is 0 Å². The quantitative estimate of drug-likeness (QED) is 0.904. The molecule has 0 saturated carbocycles. The summed E-state index contributed by atoms with van der Waals surface area (Å²) in [5.41, 5.74) is 2.43. The molecule has 0 aromatic carbocycles. The normalized spacial score (nSPS) is 21.5. The van der Waals surface area contributed by atoms with E-state index in [0.29, 0.717) is 17.6 Å². The van der Waals surface area contributed by atoms with E-state index in [-0.39, 0.29) is 11.5 Å². The maximum atomic E-state index is 5.80. The second kappa shape index (κ2) is 6.64. The fraction of sp³-hybridized carbons (Fsp3) is 0.706. The zero-order chi connectivity index (χ0) is 17.3. The highest BCUT2D eigenvalue weighted by atomic mass is 16.5. The van der Waals surface area contributed by atoms with Crippen LogP contribution >= 0.6 is 0 Å². The van der Waals surface area contributed by atoms with E-state index in [1.165, 1.54) is 5.56 Å². The second-order valence-corrected chi connectivity index (χ2v) is 7.58. The fourth-order valence-electron chi connectivity index (χ4n) is 3.24. The second-order valence-electron chi connectivity index (χ2n) is 7.58. The maximum Gasteiger partial charge on any atom is 0.256 e. The molecular formula is C17H27N5O2. The Bertz CT molecular complexity index is 685. The molecule has 1 aliphatic heterocycles. The third-order valence-electron chi connectivity index (χ3n) is 4.34. The number of hydrogen-bond donors (Lipinski definition) is 1. The Hall–Kier alpha value is -1.73. The van der Waals surface area contributed by atoms with Crippen LogP contribution in [0.25, 0.3) is 0 Å². The summed E-state index contributed by atoms with van der Waals surface area (Å²) in [6, 6.07) is 0. The minimum atomic E-state index is -0.102. The van der Waals surface area contributed by atoms with Gasteiger partial charge in [0.2, 0.25) is 0 Å². The largest absolute Gasteiger partial charge is 0.368 e. The summed E-state index contributed by atoms with van der Waals surface area (Å²) in [5, 5.41) is 12.0. The topological polar surface area (TPSA) is 78.0 Å². The molecule has 2 atom stereocenters. The number of aromatic nitrogens is 4. The van der Waals surface area contributed by atoms with Crippen LogP contribution < -0.4 is 5.32 Å². The predicted octanol–water partition coefficient (Wildman–Crippen LogP) is 2.28. The summed E-state index contributed by atoms with van der Waals surface area (Å²) < 4.78 is 13.0. The van der Waals surface area contributed by atoms with Crippen molar-refractivity contribution in [3.63, 3.8) is 0 Å². The van der Waals surface area contributed by atoms with Gasteiger partial charge in [0.05, 0.1) is 5.69 Å². The van der Waals surface area contributed by atoms with Crippen molar-refractivity contribution in [1.29, 1.82) is 0 Å². The molecule has 3 rings (SSSR count). The molecule has 0 spiro atoms. The molecular weight excluding hydrogens is 306 g/mol. The number of nitrogens with one attached hydrogen (secondary N) is 1. The Balaban J connectivity index is 1.60. The number of rotatable bonds is 5. The summed E-state index contributed by atoms with van der Waals surface area (Å²) in [4.78, 5) is 4.32. The fourth-order valence-corrected chi connectivity index (χ4v) is 3.24. The van der Waals surface area contributed by atoms with Crippen LogP contribution in [0.1, 0.15) is 56.3 Å². The zero-order valence-corrected chi connectivity index (χ0v) is 15.2. The van der Waals surface area contributed by atoms with Crippen LogP contribution in [0, 0.1) is 12.8 Å². The predicted molar refractivity (Wildman–Crippen MR) is 89.4 cm³/mol. The van der Waals surface area contributed by atoms with Crippen LogP contribution in [0.2, 0.25) is 0 Å². The zero-order valence-electron chi connectivity index (χ0n) is 15.2. The van der Waals surface area contributed by atoms with Crippen molar-refractivity contribution in [2.45, 2.75) is 52.2 Å². The molecule has 24 heavy (non-hydrogen) atoms. The molecule has 1 saturated heterocycles. The summed E-state index contributed by atoms with van der Waals surface area (Å²) in [5.74, 6) is 1.59. The smallest absolute Gasteiger partial charge is 0.256 e. The van der Waals surface area contributed by atoms with Crippen LogP contribution in [-0.4, -0.2) is 33.1 Å². The van der Waals surface area contributed by atoms with Crippen LogP contribution in [0.15, 0.2) is 10.7 Å². The van der Waals surface area contributed by atoms with Crippen LogP contribution in [0.5, 0.6) is 0 Å². The standard InChI is InChI=1S/C17H27N5O2/c1-11-19-16(24-21-11)14-12(6-7-23-14)8-18-9-13-10-22(5)20-15(13)17(2,3)4/h10,12,14,18H,6-9H2,1-5H3/t12-,14-/m0/s1. The van der Waals surface area contributed by atoms with Gasteiger partial charge in [-0.05, 0) is 13.3 Å². The Kier molecular flexibility index (Phi) is 4.73. The molecule has 0 radical (unpaired) electrons. The summed E-state index contributed by atoms with van der Waals surface area (Å²) in [7, 11) is 1.97. The monoisotopic (exact) mass is 333 g/mol. The summed E-state index contributed by atoms with van der Waals surface area (Å²) in [6.45, 7) is 10.8. The van der Waals surface area contributed by atoms with Gasteiger partial charge in [-0.2, -0.15) is 10.1 Å². The first kappa shape index (κ1) is 17.1. The average Bonchev–Trinajstić information content (AvgIpc) is 3.18. The Labute approximate surface area is 142 Å². The third kappa shape index (κ3) is 3.67. The van der Waals surface area contributed by atoms with Gasteiger partial charge in [0.1, 0.15) is 6.10 Å². The Morgan fingerprint density at radius 1 is 1.38 bits per heavy atom. The van der Waals surface area contributed by atoms with Gasteiger partial charge in [-0.1, -0.05) is 25.9 Å². The number of nitrogens with zero attached hydrogens (tertiary/aromatic N) is 4. The lowest BCUT2D eigenvalue weighted by molar-refractivity contribution is 0.0623. The van der Waals surface area contributed by atoms with Gasteiger partial charge in [0, 0.05) is 49.8 Å². The van der Waals surface area contributed by atoms with Crippen molar-refractivity contribution < 1.29 is 9.26 Å². The lowest BCUT2D eigenvalue weighted by Crippen LogP contribution is -2.26. The molecule has 7 heteroatoms. The van der Waals surface area contributed by atoms with Crippen molar-refractivity contribution in [2.75, 3.05) is 13.2 Å². The molecule has 1 aliphatic rings. The van der Waals surface area contributed by atoms with Gasteiger partial charge >= 0.3 is 0 Å². The first-order valence-corrected chi connectivity index (χ1v) is 8.50. The maximum absolute atomic E-state index is 5.80. The lowest BCUT2D eigenvalue weighted by Gasteiger charge is -2.19. The molecule has 0 amide bonds. The van der Waals surface area contributed by atoms with Crippen molar-refractivity contribution in [3.05, 3.63) is 29.2 Å². The van der Waals surface area contributed by atoms with E-state index in [9.17, 15) is 0 Å². The molecule has 2 aromatic heterocycles. The van der Waals surface area contributed by atoms with Crippen molar-refractivity contribution in [1.82, 2.24) is 25.2 Å². The number of ether oxygens (including phenoxy) is 1. The van der Waals surface area contributed by atoms with Gasteiger partial charge in [0.25, 0.3) is 5.89 Å². The van der Waals surface area contributed by atoms with E-state index in [0.717, 1.165) is 31.8 Å². The Morgan fingerprint density at radius 2 is 2.17 bits per heavy atom. The lowest BCUT2D eigenvalue weighted by atomic mass is 9.89. The average molecular weight is 333 g/mol. The third-order valence-corrected chi connectivity index (χ3v) is 4.34. The van der Waals surface area contributed by atoms with Gasteiger partial charge in [-0.25, -0.2) is 0 Å². The van der Waals surface area contributed by atoms with Crippen molar-refractivity contribution >= 4 is 0 Å². The minimum absolute atomic E-state index is 0.0402. The van der Waals surface area contributed by atoms with Gasteiger partial charge < -0.3 is 14.6 Å². The van der Waals surface area contributed by atoms with Crippen LogP contribution in [0.4, 0.5) is 0 Å². The van der Waals surface area contributed by atoms with E-state index in [1.807, 2.05) is 18.7 Å². The number of aryl methyl sites for hydroxylation is 2. The molecule has 1 fully saturated rings. The van der Waals surface area contributed by atoms with E-state index in [4.69, 9.17) is 9.26 Å². The van der Waals surface area contributed by atoms with E-state index in [2.05, 4.69) is 47.5 Å². The first-order chi connectivity index (χ1) is 11.3. The molecule has 2 aromatic rings. The van der Waals surface area contributed by atoms with Gasteiger partial charge in [0.15, 0.2) is 5.82 Å². The molecule has 7 nitrogen and oxygen atoms in total. The summed E-state index contributed by atoms with van der Waals surface area (Å²) in [6.07, 6.45) is 2.99. The van der Waals surface area contributed by atoms with E-state index >= 15 is 0 Å². The summed E-state index contributed by atoms with van der Waals surface area (Å²) >= 11 is 0. The minimum Gasteiger partial charge on any atom is -0.368 e. The van der Waals surface area contributed by atoms with Crippen LogP contribution in [0.3, 0.4) is 0 Å². The SMILES string of the molecule is Cc1noc([C@H]2OCC[C@H]2CNCc2cn(C)nc2C(C)(C)C)n1. The van der Waals surface area contributed by atoms with Gasteiger partial charge in [-0.15, -0.1) is 0 Å². The van der Waals surface area contributed by atoms with Crippen LogP contribution in [-0.2, 0) is 23.7 Å². The molecule has 0 aliphatic carbocycles. The highest BCUT2D eigenvalue weighted by molar-refractivity contribution is 5.23. The van der Waals surface area contributed by atoms with Crippen molar-refractivity contribution in [2.24, 2.45) is 13.0 Å². The Morgan fingerprint density at radius 3 is 2.83 bits per heavy atom. The van der Waals surface area contributed by atoms with Crippen molar-refractivity contribution in [3.8, 4) is 0 Å².